The van der Waals surface area contributed by atoms with Gasteiger partial charge in [0.15, 0.2) is 0 Å². The second kappa shape index (κ2) is 9.37. The summed E-state index contributed by atoms with van der Waals surface area (Å²) in [6, 6.07) is 6.81. The zero-order valence-electron chi connectivity index (χ0n) is 12.1. The summed E-state index contributed by atoms with van der Waals surface area (Å²) in [6.07, 6.45) is 0.329. The first-order valence-electron chi connectivity index (χ1n) is 7.00. The van der Waals surface area contributed by atoms with Crippen LogP contribution in [0.3, 0.4) is 0 Å². The number of rotatable bonds is 8. The smallest absolute Gasteiger partial charge is 0.220 e. The van der Waals surface area contributed by atoms with Gasteiger partial charge in [0.25, 0.3) is 0 Å². The molecule has 0 heterocycles. The minimum Gasteiger partial charge on any atom is -0.387 e. The van der Waals surface area contributed by atoms with Crippen LogP contribution in [-0.2, 0) is 9.59 Å². The van der Waals surface area contributed by atoms with E-state index in [1.54, 1.807) is 24.3 Å². The molecule has 0 saturated carbocycles. The van der Waals surface area contributed by atoms with Crippen LogP contribution in [0.1, 0.15) is 37.9 Å². The van der Waals surface area contributed by atoms with Gasteiger partial charge in [-0.25, -0.2) is 0 Å². The fraction of sp³-hybridized carbons (Fsp3) is 0.467. The zero-order valence-corrected chi connectivity index (χ0v) is 12.8. The number of carbonyl (C=O) groups excluding carboxylic acids is 2. The molecule has 1 aromatic carbocycles. The first-order valence-corrected chi connectivity index (χ1v) is 7.37. The fourth-order valence-electron chi connectivity index (χ4n) is 1.80. The lowest BCUT2D eigenvalue weighted by atomic mass is 10.1. The van der Waals surface area contributed by atoms with E-state index in [-0.39, 0.29) is 24.8 Å². The number of carbonyl (C=O) groups is 2. The van der Waals surface area contributed by atoms with Crippen LogP contribution in [-0.4, -0.2) is 30.0 Å². The molecule has 1 atom stereocenters. The molecular formula is C15H21ClN2O3. The molecule has 6 heteroatoms. The number of nitrogens with one attached hydrogen (secondary N) is 2. The van der Waals surface area contributed by atoms with Gasteiger partial charge in [-0.3, -0.25) is 9.59 Å². The number of aliphatic hydroxyl groups is 1. The third-order valence-corrected chi connectivity index (χ3v) is 3.18. The normalized spacial score (nSPS) is 11.8. The molecule has 116 valence electrons. The van der Waals surface area contributed by atoms with E-state index in [0.29, 0.717) is 30.0 Å². The van der Waals surface area contributed by atoms with Crippen LogP contribution in [0.2, 0.25) is 5.02 Å². The predicted molar refractivity (Wildman–Crippen MR) is 82.0 cm³/mol. The summed E-state index contributed by atoms with van der Waals surface area (Å²) in [4.78, 5) is 22.8. The highest BCUT2D eigenvalue weighted by atomic mass is 35.5. The molecular weight excluding hydrogens is 292 g/mol. The van der Waals surface area contributed by atoms with E-state index in [9.17, 15) is 14.7 Å². The Kier molecular flexibility index (Phi) is 7.79. The molecule has 0 aromatic heterocycles. The van der Waals surface area contributed by atoms with Crippen molar-refractivity contribution in [1.82, 2.24) is 10.6 Å². The van der Waals surface area contributed by atoms with Crippen molar-refractivity contribution in [2.75, 3.05) is 13.1 Å². The van der Waals surface area contributed by atoms with Crippen molar-refractivity contribution >= 4 is 23.4 Å². The van der Waals surface area contributed by atoms with E-state index in [2.05, 4.69) is 10.6 Å². The second-order valence-corrected chi connectivity index (χ2v) is 5.11. The number of amides is 2. The Labute approximate surface area is 129 Å². The van der Waals surface area contributed by atoms with Crippen molar-refractivity contribution in [2.24, 2.45) is 0 Å². The number of aliphatic hydroxyl groups excluding tert-OH is 1. The number of halogens is 1. The van der Waals surface area contributed by atoms with Gasteiger partial charge in [0, 0.05) is 31.0 Å². The standard InChI is InChI=1S/C15H21ClN2O3/c1-2-17-14(20)4-3-5-15(21)18-10-13(19)11-6-8-12(16)9-7-11/h6-9,13,19H,2-5,10H2,1H3,(H,17,20)(H,18,21). The SMILES string of the molecule is CCNC(=O)CCCC(=O)NCC(O)c1ccc(Cl)cc1. The topological polar surface area (TPSA) is 78.4 Å². The lowest BCUT2D eigenvalue weighted by Crippen LogP contribution is -2.28. The van der Waals surface area contributed by atoms with Crippen molar-refractivity contribution in [2.45, 2.75) is 32.3 Å². The van der Waals surface area contributed by atoms with Gasteiger partial charge in [0.1, 0.15) is 0 Å². The number of benzene rings is 1. The third-order valence-electron chi connectivity index (χ3n) is 2.93. The van der Waals surface area contributed by atoms with Gasteiger partial charge >= 0.3 is 0 Å². The molecule has 2 amide bonds. The Morgan fingerprint density at radius 1 is 1.14 bits per heavy atom. The van der Waals surface area contributed by atoms with Gasteiger partial charge in [-0.2, -0.15) is 0 Å². The van der Waals surface area contributed by atoms with Crippen molar-refractivity contribution < 1.29 is 14.7 Å². The summed E-state index contributed by atoms with van der Waals surface area (Å²) in [5, 5.41) is 15.8. The van der Waals surface area contributed by atoms with Crippen molar-refractivity contribution in [3.05, 3.63) is 34.9 Å². The van der Waals surface area contributed by atoms with Crippen LogP contribution in [0.15, 0.2) is 24.3 Å². The average molecular weight is 313 g/mol. The second-order valence-electron chi connectivity index (χ2n) is 4.68. The Hall–Kier alpha value is -1.59. The third kappa shape index (κ3) is 7.11. The average Bonchev–Trinajstić information content (AvgIpc) is 2.46. The van der Waals surface area contributed by atoms with Crippen LogP contribution in [0.5, 0.6) is 0 Å². The fourth-order valence-corrected chi connectivity index (χ4v) is 1.92. The van der Waals surface area contributed by atoms with Gasteiger partial charge in [0.2, 0.25) is 11.8 Å². The molecule has 1 aromatic rings. The Morgan fingerprint density at radius 2 is 1.71 bits per heavy atom. The summed E-state index contributed by atoms with van der Waals surface area (Å²) in [7, 11) is 0. The molecule has 0 spiro atoms. The predicted octanol–water partition coefficient (Wildman–Crippen LogP) is 1.80. The molecule has 5 nitrogen and oxygen atoms in total. The number of hydrogen-bond donors (Lipinski definition) is 3. The molecule has 0 aliphatic carbocycles. The summed E-state index contributed by atoms with van der Waals surface area (Å²) in [6.45, 7) is 2.59. The molecule has 0 aliphatic heterocycles. The largest absolute Gasteiger partial charge is 0.387 e. The number of hydrogen-bond acceptors (Lipinski definition) is 3. The monoisotopic (exact) mass is 312 g/mol. The summed E-state index contributed by atoms with van der Waals surface area (Å²) in [5.74, 6) is -0.223. The van der Waals surface area contributed by atoms with E-state index in [1.165, 1.54) is 0 Å². The minimum atomic E-state index is -0.769. The molecule has 0 aliphatic rings. The highest BCUT2D eigenvalue weighted by Gasteiger charge is 2.10. The van der Waals surface area contributed by atoms with Gasteiger partial charge in [0.05, 0.1) is 6.10 Å². The van der Waals surface area contributed by atoms with E-state index in [0.717, 1.165) is 0 Å². The van der Waals surface area contributed by atoms with Gasteiger partial charge < -0.3 is 15.7 Å². The van der Waals surface area contributed by atoms with Crippen LogP contribution < -0.4 is 10.6 Å². The Balaban J connectivity index is 2.23. The van der Waals surface area contributed by atoms with Gasteiger partial charge in [-0.1, -0.05) is 23.7 Å². The maximum Gasteiger partial charge on any atom is 0.220 e. The maximum atomic E-state index is 11.6. The first kappa shape index (κ1) is 17.5. The molecule has 1 unspecified atom stereocenters. The summed E-state index contributed by atoms with van der Waals surface area (Å²) in [5.41, 5.74) is 0.696. The molecule has 0 saturated heterocycles. The lowest BCUT2D eigenvalue weighted by Gasteiger charge is -2.12. The maximum absolute atomic E-state index is 11.6. The van der Waals surface area contributed by atoms with Gasteiger partial charge in [-0.05, 0) is 31.0 Å². The summed E-state index contributed by atoms with van der Waals surface area (Å²) < 4.78 is 0. The van der Waals surface area contributed by atoms with E-state index in [4.69, 9.17) is 11.6 Å². The first-order chi connectivity index (χ1) is 10.0. The Bertz CT molecular complexity index is 462. The van der Waals surface area contributed by atoms with Crippen LogP contribution in [0.4, 0.5) is 0 Å². The quantitative estimate of drug-likeness (QED) is 0.685. The zero-order chi connectivity index (χ0) is 15.7. The van der Waals surface area contributed by atoms with Crippen LogP contribution in [0, 0.1) is 0 Å². The van der Waals surface area contributed by atoms with E-state index in [1.807, 2.05) is 6.92 Å². The summed E-state index contributed by atoms with van der Waals surface area (Å²) >= 11 is 5.77. The van der Waals surface area contributed by atoms with Crippen LogP contribution >= 0.6 is 11.6 Å². The van der Waals surface area contributed by atoms with E-state index < -0.39 is 6.10 Å². The minimum absolute atomic E-state index is 0.0495. The molecule has 0 radical (unpaired) electrons. The molecule has 0 fully saturated rings. The highest BCUT2D eigenvalue weighted by molar-refractivity contribution is 6.30. The van der Waals surface area contributed by atoms with E-state index >= 15 is 0 Å². The lowest BCUT2D eigenvalue weighted by molar-refractivity contribution is -0.122. The molecule has 21 heavy (non-hydrogen) atoms. The van der Waals surface area contributed by atoms with Crippen molar-refractivity contribution in [3.8, 4) is 0 Å². The molecule has 1 rings (SSSR count). The van der Waals surface area contributed by atoms with Gasteiger partial charge in [-0.15, -0.1) is 0 Å². The molecule has 3 N–H and O–H groups in total. The van der Waals surface area contributed by atoms with Crippen molar-refractivity contribution in [3.63, 3.8) is 0 Å². The Morgan fingerprint density at radius 3 is 2.29 bits per heavy atom. The molecule has 0 bridgehead atoms. The highest BCUT2D eigenvalue weighted by Crippen LogP contribution is 2.15. The van der Waals surface area contributed by atoms with Crippen LogP contribution in [0.25, 0.3) is 0 Å². The van der Waals surface area contributed by atoms with Crippen molar-refractivity contribution in [1.29, 1.82) is 0 Å².